The third-order valence-corrected chi connectivity index (χ3v) is 5.67. The molecule has 0 aliphatic heterocycles. The van der Waals surface area contributed by atoms with Crippen molar-refractivity contribution in [3.63, 3.8) is 0 Å². The van der Waals surface area contributed by atoms with Crippen molar-refractivity contribution in [2.75, 3.05) is 20.0 Å². The molecular weight excluding hydrogens is 454 g/mol. The second-order valence-corrected chi connectivity index (χ2v) is 7.85. The predicted molar refractivity (Wildman–Crippen MR) is 118 cm³/mol. The maximum Gasteiger partial charge on any atom is 0.192 e. The summed E-state index contributed by atoms with van der Waals surface area (Å²) in [6, 6.07) is 13.0. The molecule has 0 saturated carbocycles. The molecule has 0 spiro atoms. The number of carbonyl (C=O) groups excluding carboxylic acids is 1. The smallest absolute Gasteiger partial charge is 0.192 e. The first-order chi connectivity index (χ1) is 14.1. The number of benzene rings is 2. The van der Waals surface area contributed by atoms with Crippen LogP contribution in [0.3, 0.4) is 0 Å². The van der Waals surface area contributed by atoms with Gasteiger partial charge in [-0.1, -0.05) is 45.9 Å². The number of rotatable bonds is 9. The van der Waals surface area contributed by atoms with Crippen LogP contribution in [0.15, 0.2) is 64.7 Å². The number of thioether (sulfide) groups is 1. The van der Waals surface area contributed by atoms with Crippen LogP contribution in [0.5, 0.6) is 11.5 Å². The van der Waals surface area contributed by atoms with Gasteiger partial charge in [0.25, 0.3) is 0 Å². The van der Waals surface area contributed by atoms with Crippen LogP contribution in [0.25, 0.3) is 11.4 Å². The molecule has 0 amide bonds. The summed E-state index contributed by atoms with van der Waals surface area (Å²) in [5, 5.41) is 9.26. The molecule has 0 aliphatic carbocycles. The molecular formula is C21H20BrN3O3S. The molecule has 2 aromatic carbocycles. The normalized spacial score (nSPS) is 10.6. The van der Waals surface area contributed by atoms with E-state index in [9.17, 15) is 4.79 Å². The molecule has 150 valence electrons. The lowest BCUT2D eigenvalue weighted by Crippen LogP contribution is -2.07. The fourth-order valence-corrected chi connectivity index (χ4v) is 3.83. The molecule has 0 bridgehead atoms. The zero-order valence-corrected chi connectivity index (χ0v) is 18.5. The Balaban J connectivity index is 1.81. The van der Waals surface area contributed by atoms with Gasteiger partial charge in [-0.25, -0.2) is 0 Å². The number of aromatic nitrogens is 3. The van der Waals surface area contributed by atoms with Gasteiger partial charge in [0.15, 0.2) is 16.8 Å². The molecule has 0 saturated heterocycles. The Hall–Kier alpha value is -2.58. The van der Waals surface area contributed by atoms with E-state index in [0.717, 1.165) is 15.9 Å². The number of ether oxygens (including phenoxy) is 2. The fourth-order valence-electron chi connectivity index (χ4n) is 2.74. The lowest BCUT2D eigenvalue weighted by molar-refractivity contribution is 0.101. The fraction of sp³-hybridized carbons (Fsp3) is 0.190. The first-order valence-corrected chi connectivity index (χ1v) is 10.5. The second kappa shape index (κ2) is 9.76. The first kappa shape index (κ1) is 21.1. The summed E-state index contributed by atoms with van der Waals surface area (Å²) in [7, 11) is 3.10. The van der Waals surface area contributed by atoms with E-state index in [1.54, 1.807) is 31.4 Å². The summed E-state index contributed by atoms with van der Waals surface area (Å²) in [6.45, 7) is 4.36. The number of ketones is 1. The van der Waals surface area contributed by atoms with Crippen LogP contribution in [0.1, 0.15) is 10.4 Å². The van der Waals surface area contributed by atoms with Crippen LogP contribution >= 0.6 is 27.7 Å². The molecule has 3 rings (SSSR count). The minimum absolute atomic E-state index is 0.0622. The zero-order valence-electron chi connectivity index (χ0n) is 16.1. The predicted octanol–water partition coefficient (Wildman–Crippen LogP) is 4.89. The number of methoxy groups -OCH3 is 2. The van der Waals surface area contributed by atoms with E-state index < -0.39 is 0 Å². The van der Waals surface area contributed by atoms with Crippen molar-refractivity contribution < 1.29 is 14.3 Å². The Morgan fingerprint density at radius 2 is 1.93 bits per heavy atom. The van der Waals surface area contributed by atoms with Crippen molar-refractivity contribution >= 4 is 33.5 Å². The largest absolute Gasteiger partial charge is 0.497 e. The monoisotopic (exact) mass is 473 g/mol. The van der Waals surface area contributed by atoms with E-state index in [2.05, 4.69) is 32.7 Å². The number of carbonyl (C=O) groups is 1. The highest BCUT2D eigenvalue weighted by Crippen LogP contribution is 2.29. The second-order valence-electron chi connectivity index (χ2n) is 5.99. The van der Waals surface area contributed by atoms with Crippen molar-refractivity contribution in [1.29, 1.82) is 0 Å². The maximum atomic E-state index is 12.8. The highest BCUT2D eigenvalue weighted by molar-refractivity contribution is 9.10. The summed E-state index contributed by atoms with van der Waals surface area (Å²) in [5.74, 6) is 1.99. The minimum Gasteiger partial charge on any atom is -0.497 e. The van der Waals surface area contributed by atoms with Gasteiger partial charge in [-0.3, -0.25) is 9.36 Å². The Morgan fingerprint density at radius 3 is 2.59 bits per heavy atom. The van der Waals surface area contributed by atoms with Crippen molar-refractivity contribution in [3.05, 3.63) is 65.2 Å². The van der Waals surface area contributed by atoms with E-state index in [4.69, 9.17) is 9.47 Å². The van der Waals surface area contributed by atoms with E-state index in [-0.39, 0.29) is 11.5 Å². The van der Waals surface area contributed by atoms with Crippen LogP contribution in [0.4, 0.5) is 0 Å². The molecule has 8 heteroatoms. The van der Waals surface area contributed by atoms with Gasteiger partial charge >= 0.3 is 0 Å². The summed E-state index contributed by atoms with van der Waals surface area (Å²) < 4.78 is 13.5. The summed E-state index contributed by atoms with van der Waals surface area (Å²) in [5.41, 5.74) is 1.45. The summed E-state index contributed by atoms with van der Waals surface area (Å²) in [4.78, 5) is 12.8. The Labute approximate surface area is 182 Å². The van der Waals surface area contributed by atoms with Gasteiger partial charge in [-0.05, 0) is 24.3 Å². The highest BCUT2D eigenvalue weighted by Gasteiger charge is 2.18. The Bertz CT molecular complexity index is 1020. The molecule has 1 aromatic heterocycles. The van der Waals surface area contributed by atoms with Crippen molar-refractivity contribution in [3.8, 4) is 22.9 Å². The zero-order chi connectivity index (χ0) is 20.8. The number of Topliss-reactive ketones (excluding diaryl/α,β-unsaturated/α-hetero) is 1. The van der Waals surface area contributed by atoms with Crippen LogP contribution in [-0.4, -0.2) is 40.5 Å². The van der Waals surface area contributed by atoms with Crippen molar-refractivity contribution in [2.45, 2.75) is 11.7 Å². The van der Waals surface area contributed by atoms with Crippen LogP contribution in [0, 0.1) is 0 Å². The Morgan fingerprint density at radius 1 is 1.17 bits per heavy atom. The molecule has 29 heavy (non-hydrogen) atoms. The summed E-state index contributed by atoms with van der Waals surface area (Å²) >= 11 is 4.77. The average Bonchev–Trinajstić information content (AvgIpc) is 3.14. The summed E-state index contributed by atoms with van der Waals surface area (Å²) in [6.07, 6.45) is 1.78. The number of hydrogen-bond acceptors (Lipinski definition) is 6. The van der Waals surface area contributed by atoms with E-state index >= 15 is 0 Å². The van der Waals surface area contributed by atoms with Crippen LogP contribution < -0.4 is 9.47 Å². The molecule has 0 fully saturated rings. The van der Waals surface area contributed by atoms with Gasteiger partial charge in [-0.15, -0.1) is 16.8 Å². The minimum atomic E-state index is -0.0622. The van der Waals surface area contributed by atoms with Crippen molar-refractivity contribution in [1.82, 2.24) is 14.8 Å². The van der Waals surface area contributed by atoms with Gasteiger partial charge in [0, 0.05) is 22.6 Å². The van der Waals surface area contributed by atoms with Gasteiger partial charge in [0.05, 0.1) is 25.5 Å². The SMILES string of the molecule is C=CCn1c(SCC(=O)c2ccc(OC)cc2OC)nnc1-c1ccc(Br)cc1. The number of nitrogens with zero attached hydrogens (tertiary/aromatic N) is 3. The third-order valence-electron chi connectivity index (χ3n) is 4.17. The quantitative estimate of drug-likeness (QED) is 0.250. The molecule has 6 nitrogen and oxygen atoms in total. The topological polar surface area (TPSA) is 66.2 Å². The third kappa shape index (κ3) is 4.89. The lowest BCUT2D eigenvalue weighted by Gasteiger charge is -2.10. The molecule has 0 aliphatic rings. The number of hydrogen-bond donors (Lipinski definition) is 0. The molecule has 0 N–H and O–H groups in total. The van der Waals surface area contributed by atoms with E-state index in [0.29, 0.717) is 28.8 Å². The van der Waals surface area contributed by atoms with Gasteiger partial charge in [0.2, 0.25) is 0 Å². The first-order valence-electron chi connectivity index (χ1n) is 8.75. The standard InChI is InChI=1S/C21H20BrN3O3S/c1-4-11-25-20(14-5-7-15(22)8-6-14)23-24-21(25)29-13-18(26)17-10-9-16(27-2)12-19(17)28-3/h4-10,12H,1,11,13H2,2-3H3. The number of halogens is 1. The molecule has 0 unspecified atom stereocenters. The number of allylic oxidation sites excluding steroid dienone is 1. The highest BCUT2D eigenvalue weighted by atomic mass is 79.9. The lowest BCUT2D eigenvalue weighted by atomic mass is 10.1. The molecule has 0 radical (unpaired) electrons. The van der Waals surface area contributed by atoms with Gasteiger partial charge in [-0.2, -0.15) is 0 Å². The van der Waals surface area contributed by atoms with Crippen molar-refractivity contribution in [2.24, 2.45) is 0 Å². The Kier molecular flexibility index (Phi) is 7.11. The van der Waals surface area contributed by atoms with E-state index in [1.807, 2.05) is 28.8 Å². The van der Waals surface area contributed by atoms with Crippen LogP contribution in [0.2, 0.25) is 0 Å². The van der Waals surface area contributed by atoms with E-state index in [1.165, 1.54) is 18.9 Å². The average molecular weight is 474 g/mol. The maximum absolute atomic E-state index is 12.8. The van der Waals surface area contributed by atoms with Crippen LogP contribution in [-0.2, 0) is 6.54 Å². The molecule has 3 aromatic rings. The van der Waals surface area contributed by atoms with Gasteiger partial charge in [0.1, 0.15) is 11.5 Å². The molecule has 0 atom stereocenters. The van der Waals surface area contributed by atoms with Gasteiger partial charge < -0.3 is 9.47 Å². The molecule has 1 heterocycles.